The second kappa shape index (κ2) is 11.5. The van der Waals surface area contributed by atoms with Crippen LogP contribution < -0.4 is 15.8 Å². The number of piperidine rings is 1. The first-order chi connectivity index (χ1) is 18.9. The maximum atomic E-state index is 14.3. The van der Waals surface area contributed by atoms with Crippen LogP contribution in [0.3, 0.4) is 0 Å². The predicted molar refractivity (Wildman–Crippen MR) is 138 cm³/mol. The normalized spacial score (nSPS) is 16.8. The van der Waals surface area contributed by atoms with Crippen LogP contribution in [0.15, 0.2) is 55.3 Å². The molecule has 1 aromatic heterocycles. The van der Waals surface area contributed by atoms with Gasteiger partial charge in [0.1, 0.15) is 23.5 Å². The number of alkyl halides is 3. The highest BCUT2D eigenvalue weighted by Crippen LogP contribution is 2.34. The number of aromatic nitrogens is 2. The van der Waals surface area contributed by atoms with Crippen molar-refractivity contribution in [3.05, 3.63) is 77.8 Å². The summed E-state index contributed by atoms with van der Waals surface area (Å²) in [6.07, 6.45) is -1.04. The summed E-state index contributed by atoms with van der Waals surface area (Å²) >= 11 is 0. The van der Waals surface area contributed by atoms with Crippen LogP contribution in [-0.2, 0) is 6.18 Å². The zero-order chi connectivity index (χ0) is 29.2. The molecule has 2 atom stereocenters. The van der Waals surface area contributed by atoms with Gasteiger partial charge in [-0.05, 0) is 49.2 Å². The van der Waals surface area contributed by atoms with Crippen molar-refractivity contribution in [3.8, 4) is 17.0 Å². The van der Waals surface area contributed by atoms with Gasteiger partial charge in [0.05, 0.1) is 35.5 Å². The second-order valence-electron chi connectivity index (χ2n) is 9.24. The van der Waals surface area contributed by atoms with Crippen LogP contribution in [0.1, 0.15) is 45.2 Å². The van der Waals surface area contributed by atoms with Crippen LogP contribution in [-0.4, -0.2) is 58.0 Å². The van der Waals surface area contributed by atoms with Crippen molar-refractivity contribution in [2.24, 2.45) is 5.73 Å². The van der Waals surface area contributed by atoms with E-state index in [2.05, 4.69) is 17.0 Å². The minimum Gasteiger partial charge on any atom is -0.495 e. The minimum atomic E-state index is -4.76. The average Bonchev–Trinajstić information content (AvgIpc) is 3.38. The maximum Gasteiger partial charge on any atom is 0.416 e. The number of amides is 2. The highest BCUT2D eigenvalue weighted by molar-refractivity contribution is 6.05. The van der Waals surface area contributed by atoms with Gasteiger partial charge in [0.2, 0.25) is 0 Å². The molecule has 1 unspecified atom stereocenters. The van der Waals surface area contributed by atoms with Gasteiger partial charge in [0, 0.05) is 24.8 Å². The third kappa shape index (κ3) is 6.00. The maximum absolute atomic E-state index is 14.3. The number of likely N-dealkylation sites (tertiary alicyclic amines) is 1. The van der Waals surface area contributed by atoms with Crippen molar-refractivity contribution in [1.82, 2.24) is 14.7 Å². The molecule has 0 bridgehead atoms. The number of hydrogen-bond donors (Lipinski definition) is 3. The van der Waals surface area contributed by atoms with E-state index in [9.17, 15) is 32.3 Å². The molecule has 1 aliphatic heterocycles. The van der Waals surface area contributed by atoms with E-state index >= 15 is 0 Å². The molecule has 0 aliphatic carbocycles. The SMILES string of the molecule is C=CC(O)N1CCC[C@@H](n2cc(C(N)=O)c(-c3ccc(NC(=O)c4ccc(C(F)(F)F)cc4F)c(OC)c3)n2)C1. The van der Waals surface area contributed by atoms with Gasteiger partial charge >= 0.3 is 6.18 Å². The highest BCUT2D eigenvalue weighted by atomic mass is 19.4. The fourth-order valence-electron chi connectivity index (χ4n) is 4.57. The standard InChI is InChI=1S/C27H27F4N5O4/c1-3-23(37)35-10-4-5-17(13-35)36-14-19(25(32)38)24(34-36)15-6-9-21(22(11-15)40-2)33-26(39)18-8-7-16(12-20(18)28)27(29,30)31/h3,6-9,11-12,14,17,23,37H,1,4-5,10,13H2,2H3,(H2,32,38)(H,33,39)/t17-,23?/m1/s1. The van der Waals surface area contributed by atoms with E-state index < -0.39 is 41.2 Å². The number of hydrogen-bond acceptors (Lipinski definition) is 6. The van der Waals surface area contributed by atoms with Gasteiger partial charge in [0.25, 0.3) is 11.8 Å². The Morgan fingerprint density at radius 1 is 1.25 bits per heavy atom. The van der Waals surface area contributed by atoms with Gasteiger partial charge in [-0.2, -0.15) is 18.3 Å². The molecule has 3 aromatic rings. The van der Waals surface area contributed by atoms with E-state index in [0.717, 1.165) is 18.9 Å². The monoisotopic (exact) mass is 561 g/mol. The summed E-state index contributed by atoms with van der Waals surface area (Å²) in [5.41, 5.74) is 4.77. The first-order valence-electron chi connectivity index (χ1n) is 12.2. The molecule has 4 N–H and O–H groups in total. The van der Waals surface area contributed by atoms with E-state index in [-0.39, 0.29) is 34.8 Å². The number of aliphatic hydroxyl groups is 1. The number of ether oxygens (including phenoxy) is 1. The number of rotatable bonds is 8. The lowest BCUT2D eigenvalue weighted by Crippen LogP contribution is -2.42. The number of carbonyl (C=O) groups excluding carboxylic acids is 2. The number of benzene rings is 2. The summed E-state index contributed by atoms with van der Waals surface area (Å²) in [6, 6.07) is 5.93. The van der Waals surface area contributed by atoms with Crippen molar-refractivity contribution in [3.63, 3.8) is 0 Å². The predicted octanol–water partition coefficient (Wildman–Crippen LogP) is 4.21. The highest BCUT2D eigenvalue weighted by Gasteiger charge is 2.32. The number of methoxy groups -OCH3 is 1. The van der Waals surface area contributed by atoms with Gasteiger partial charge in [-0.3, -0.25) is 19.2 Å². The average molecular weight is 562 g/mol. The van der Waals surface area contributed by atoms with Crippen molar-refractivity contribution >= 4 is 17.5 Å². The molecule has 40 heavy (non-hydrogen) atoms. The molecule has 212 valence electrons. The lowest BCUT2D eigenvalue weighted by atomic mass is 10.1. The molecule has 0 spiro atoms. The first kappa shape index (κ1) is 28.8. The Morgan fingerprint density at radius 2 is 2.00 bits per heavy atom. The van der Waals surface area contributed by atoms with Crippen LogP contribution in [0.5, 0.6) is 5.75 Å². The van der Waals surface area contributed by atoms with Gasteiger partial charge in [-0.25, -0.2) is 4.39 Å². The van der Waals surface area contributed by atoms with E-state index in [1.54, 1.807) is 10.9 Å². The summed E-state index contributed by atoms with van der Waals surface area (Å²) < 4.78 is 59.8. The van der Waals surface area contributed by atoms with Crippen LogP contribution in [0.4, 0.5) is 23.2 Å². The second-order valence-corrected chi connectivity index (χ2v) is 9.24. The Bertz CT molecular complexity index is 1440. The Balaban J connectivity index is 1.61. The fourth-order valence-corrected chi connectivity index (χ4v) is 4.57. The van der Waals surface area contributed by atoms with E-state index in [4.69, 9.17) is 10.5 Å². The number of halogens is 4. The molecule has 9 nitrogen and oxygen atoms in total. The van der Waals surface area contributed by atoms with Crippen LogP contribution in [0.25, 0.3) is 11.3 Å². The number of carbonyl (C=O) groups is 2. The van der Waals surface area contributed by atoms with Crippen molar-refractivity contribution < 1.29 is 37.0 Å². The largest absolute Gasteiger partial charge is 0.495 e. The van der Waals surface area contributed by atoms with E-state index in [0.29, 0.717) is 24.7 Å². The molecule has 0 saturated carbocycles. The minimum absolute atomic E-state index is 0.108. The van der Waals surface area contributed by atoms with Crippen LogP contribution in [0.2, 0.25) is 0 Å². The molecular formula is C27H27F4N5O4. The van der Waals surface area contributed by atoms with Crippen molar-refractivity contribution in [2.45, 2.75) is 31.3 Å². The molecule has 1 saturated heterocycles. The number of nitrogens with zero attached hydrogens (tertiary/aromatic N) is 3. The summed E-state index contributed by atoms with van der Waals surface area (Å²) in [5.74, 6) is -2.90. The summed E-state index contributed by atoms with van der Waals surface area (Å²) in [6.45, 7) is 4.77. The zero-order valence-corrected chi connectivity index (χ0v) is 21.4. The molecule has 4 rings (SSSR count). The topological polar surface area (TPSA) is 123 Å². The van der Waals surface area contributed by atoms with Gasteiger partial charge in [-0.1, -0.05) is 12.6 Å². The lowest BCUT2D eigenvalue weighted by Gasteiger charge is -2.34. The number of anilines is 1. The van der Waals surface area contributed by atoms with E-state index in [1.807, 2.05) is 4.90 Å². The summed E-state index contributed by atoms with van der Waals surface area (Å²) in [5, 5.41) is 17.2. The number of aliphatic hydroxyl groups excluding tert-OH is 1. The van der Waals surface area contributed by atoms with Gasteiger partial charge < -0.3 is 20.9 Å². The van der Waals surface area contributed by atoms with Crippen molar-refractivity contribution in [2.75, 3.05) is 25.5 Å². The third-order valence-corrected chi connectivity index (χ3v) is 6.65. The summed E-state index contributed by atoms with van der Waals surface area (Å²) in [4.78, 5) is 26.7. The van der Waals surface area contributed by atoms with E-state index in [1.165, 1.54) is 31.4 Å². The molecule has 1 aliphatic rings. The lowest BCUT2D eigenvalue weighted by molar-refractivity contribution is -0.137. The van der Waals surface area contributed by atoms with Gasteiger partial charge in [-0.15, -0.1) is 0 Å². The third-order valence-electron chi connectivity index (χ3n) is 6.65. The number of nitrogens with one attached hydrogen (secondary N) is 1. The van der Waals surface area contributed by atoms with Crippen LogP contribution in [0, 0.1) is 5.82 Å². The Kier molecular flexibility index (Phi) is 8.26. The van der Waals surface area contributed by atoms with Crippen molar-refractivity contribution in [1.29, 1.82) is 0 Å². The Labute approximate surface area is 226 Å². The molecule has 13 heteroatoms. The number of primary amides is 1. The summed E-state index contributed by atoms with van der Waals surface area (Å²) in [7, 11) is 1.32. The first-order valence-corrected chi connectivity index (χ1v) is 12.2. The molecule has 1 fully saturated rings. The Morgan fingerprint density at radius 3 is 2.62 bits per heavy atom. The smallest absolute Gasteiger partial charge is 0.416 e. The molecule has 2 aromatic carbocycles. The Hall–Kier alpha value is -4.23. The number of nitrogens with two attached hydrogens (primary N) is 1. The molecular weight excluding hydrogens is 534 g/mol. The molecule has 0 radical (unpaired) electrons. The quantitative estimate of drug-likeness (QED) is 0.280. The van der Waals surface area contributed by atoms with Crippen LogP contribution >= 0.6 is 0 Å². The van der Waals surface area contributed by atoms with Gasteiger partial charge in [0.15, 0.2) is 0 Å². The molecule has 2 amide bonds. The molecule has 2 heterocycles. The zero-order valence-electron chi connectivity index (χ0n) is 21.4. The fraction of sp³-hybridized carbons (Fsp3) is 0.296.